The molecule has 2 aliphatic heterocycles. The zero-order chi connectivity index (χ0) is 49.9. The Balaban J connectivity index is 1.43. The highest BCUT2D eigenvalue weighted by Gasteiger charge is 2.62. The van der Waals surface area contributed by atoms with E-state index in [1.54, 1.807) is 0 Å². The molecule has 3 aromatic rings. The number of ether oxygens (including phenoxy) is 8. The van der Waals surface area contributed by atoms with Crippen LogP contribution in [0.4, 0.5) is 0 Å². The van der Waals surface area contributed by atoms with E-state index in [9.17, 15) is 31.9 Å². The monoisotopic (exact) mass is 972 g/mol. The molecule has 3 aromatic carbocycles. The summed E-state index contributed by atoms with van der Waals surface area (Å²) in [5, 5.41) is 49.0. The number of nitrogens with two attached hydrogens (primary N) is 2. The molecule has 2 saturated heterocycles. The quantitative estimate of drug-likeness (QED) is 0.0283. The van der Waals surface area contributed by atoms with Crippen molar-refractivity contribution < 1.29 is 53.2 Å². The van der Waals surface area contributed by atoms with Crippen LogP contribution in [-0.2, 0) is 57.7 Å². The highest BCUT2D eigenvalue weighted by Crippen LogP contribution is 2.43. The van der Waals surface area contributed by atoms with Crippen LogP contribution in [0.15, 0.2) is 111 Å². The molecule has 0 bridgehead atoms. The minimum atomic E-state index is -2.38. The minimum Gasteiger partial charge on any atom is -0.390 e. The Kier molecular flexibility index (Phi) is 20.4. The van der Waals surface area contributed by atoms with E-state index < -0.39 is 104 Å². The number of hydrogen-bond donors (Lipinski definition) is 5. The molecule has 376 valence electrons. The van der Waals surface area contributed by atoms with E-state index in [1.165, 1.54) is 0 Å². The van der Waals surface area contributed by atoms with Crippen LogP contribution in [0.1, 0.15) is 55.7 Å². The normalized spacial score (nSPS) is 32.9. The third-order valence-corrected chi connectivity index (χ3v) is 12.2. The Morgan fingerprint density at radius 2 is 1.13 bits per heavy atom. The molecule has 25 nitrogen and oxygen atoms in total. The third kappa shape index (κ3) is 13.8. The highest BCUT2D eigenvalue weighted by atomic mass is 16.7. The summed E-state index contributed by atoms with van der Waals surface area (Å²) < 4.78 is 52.2. The first-order chi connectivity index (χ1) is 34.0. The van der Waals surface area contributed by atoms with Crippen molar-refractivity contribution in [3.8, 4) is 0 Å². The van der Waals surface area contributed by atoms with Gasteiger partial charge in [-0.25, -0.2) is 0 Å². The van der Waals surface area contributed by atoms with Gasteiger partial charge in [-0.15, -0.1) is 0 Å². The molecule has 0 radical (unpaired) electrons. The summed E-state index contributed by atoms with van der Waals surface area (Å²) in [6, 6.07) is 26.5. The van der Waals surface area contributed by atoms with E-state index in [2.05, 4.69) is 47.0 Å². The largest absolute Gasteiger partial charge is 0.390 e. The summed E-state index contributed by atoms with van der Waals surface area (Å²) in [6.07, 6.45) is -15.3. The fourth-order valence-corrected chi connectivity index (χ4v) is 8.74. The lowest BCUT2D eigenvalue weighted by Crippen LogP contribution is -2.75. The molecule has 3 aliphatic rings. The molecule has 1 saturated carbocycles. The smallest absolute Gasteiger partial charge is 0.187 e. The number of nitrogens with zero attached hydrogens (tertiary/aromatic N) is 12. The molecule has 1 aliphatic carbocycles. The molecule has 0 aromatic heterocycles. The van der Waals surface area contributed by atoms with Crippen LogP contribution < -0.4 is 11.5 Å². The van der Waals surface area contributed by atoms with Gasteiger partial charge in [0.15, 0.2) is 12.6 Å². The van der Waals surface area contributed by atoms with E-state index in [1.807, 2.05) is 91.0 Å². The fraction of sp³-hybridized carbons (Fsp3) is 0.600. The Morgan fingerprint density at radius 3 is 1.64 bits per heavy atom. The first-order valence-corrected chi connectivity index (χ1v) is 22.9. The first kappa shape index (κ1) is 53.7. The predicted molar refractivity (Wildman–Crippen MR) is 249 cm³/mol. The molecule has 70 heavy (non-hydrogen) atoms. The molecular weight excluding hydrogens is 913 g/mol. The molecule has 3 fully saturated rings. The molecular formula is C45H60N14O11. The van der Waals surface area contributed by atoms with Gasteiger partial charge in [0, 0.05) is 32.7 Å². The van der Waals surface area contributed by atoms with Crippen molar-refractivity contribution in [1.29, 1.82) is 0 Å². The van der Waals surface area contributed by atoms with Crippen LogP contribution in [0.25, 0.3) is 41.8 Å². The summed E-state index contributed by atoms with van der Waals surface area (Å²) in [5.41, 5.74) is 49.6. The number of unbranched alkanes of at least 4 members (excludes halogenated alkanes) is 3. The Bertz CT molecular complexity index is 2280. The van der Waals surface area contributed by atoms with Crippen molar-refractivity contribution in [2.24, 2.45) is 31.9 Å². The number of hydrogen-bond acceptors (Lipinski definition) is 17. The predicted octanol–water partition coefficient (Wildman–Crippen LogP) is 5.97. The van der Waals surface area contributed by atoms with Crippen molar-refractivity contribution in [2.45, 2.75) is 150 Å². The first-order valence-electron chi connectivity index (χ1n) is 22.9. The van der Waals surface area contributed by atoms with Gasteiger partial charge in [0.05, 0.1) is 45.2 Å². The van der Waals surface area contributed by atoms with Crippen LogP contribution in [-0.4, -0.2) is 126 Å². The van der Waals surface area contributed by atoms with Crippen LogP contribution in [0.2, 0.25) is 0 Å². The molecule has 0 unspecified atom stereocenters. The van der Waals surface area contributed by atoms with E-state index in [-0.39, 0.29) is 26.4 Å². The number of aliphatic hydroxyl groups is 3. The Hall–Kier alpha value is -5.62. The van der Waals surface area contributed by atoms with Crippen molar-refractivity contribution in [2.75, 3.05) is 19.8 Å². The van der Waals surface area contributed by atoms with Crippen LogP contribution in [0.3, 0.4) is 0 Å². The number of aliphatic hydroxyl groups excluding tert-OH is 3. The van der Waals surface area contributed by atoms with Gasteiger partial charge >= 0.3 is 0 Å². The van der Waals surface area contributed by atoms with Gasteiger partial charge in [-0.1, -0.05) is 138 Å². The zero-order valence-corrected chi connectivity index (χ0v) is 38.6. The maximum Gasteiger partial charge on any atom is 0.187 e. The minimum absolute atomic E-state index is 0.000795. The summed E-state index contributed by atoms with van der Waals surface area (Å²) >= 11 is 0. The van der Waals surface area contributed by atoms with E-state index in [0.29, 0.717) is 6.61 Å². The molecule has 25 heteroatoms. The van der Waals surface area contributed by atoms with Crippen molar-refractivity contribution in [3.63, 3.8) is 0 Å². The van der Waals surface area contributed by atoms with E-state index >= 15 is 0 Å². The lowest BCUT2D eigenvalue weighted by atomic mass is 9.76. The molecule has 0 spiro atoms. The third-order valence-electron chi connectivity index (χ3n) is 12.2. The van der Waals surface area contributed by atoms with Gasteiger partial charge in [-0.3, -0.25) is 0 Å². The summed E-state index contributed by atoms with van der Waals surface area (Å²) in [6.45, 7) is 2.20. The van der Waals surface area contributed by atoms with Gasteiger partial charge in [-0.2, -0.15) is 0 Å². The zero-order valence-electron chi connectivity index (χ0n) is 38.6. The second-order valence-corrected chi connectivity index (χ2v) is 17.2. The lowest BCUT2D eigenvalue weighted by molar-refractivity contribution is -0.355. The van der Waals surface area contributed by atoms with Gasteiger partial charge in [0.25, 0.3) is 0 Å². The average Bonchev–Trinajstić information content (AvgIpc) is 3.36. The second-order valence-electron chi connectivity index (χ2n) is 17.2. The number of rotatable bonds is 25. The topological polar surface area (TPSA) is 382 Å². The van der Waals surface area contributed by atoms with Crippen molar-refractivity contribution in [1.82, 2.24) is 0 Å². The Morgan fingerprint density at radius 1 is 0.614 bits per heavy atom. The van der Waals surface area contributed by atoms with Crippen LogP contribution in [0.5, 0.6) is 0 Å². The van der Waals surface area contributed by atoms with Gasteiger partial charge in [0.2, 0.25) is 0 Å². The fourth-order valence-electron chi connectivity index (χ4n) is 8.74. The molecule has 2 heterocycles. The molecule has 0 amide bonds. The van der Waals surface area contributed by atoms with Crippen molar-refractivity contribution in [3.05, 3.63) is 149 Å². The van der Waals surface area contributed by atoms with E-state index in [0.717, 1.165) is 42.4 Å². The van der Waals surface area contributed by atoms with Gasteiger partial charge in [0.1, 0.15) is 66.2 Å². The standard InChI is InChI=1S/C45H60N14O11/c1-2-3-4-14-21-63-26-32-37(64-23-28-15-8-5-9-16-28)38(65-24-29-17-10-6-11-18-29)39(66-25-30-19-12-7-13-20-30)43(68-32)70-41-36(62)40(44(46,54-58-50)27-45(41,47)55-59-51)69-42-33(53-57-49)35(61)34(60)31(67-42)22-52-56-48/h5-13,15-20,31-43,60-62H,2-4,14,21-27,46-47H2,1H3/t31-,32-,33-,34-,35-,36+,37-,38+,39-,40+,41-,42-,43-,44-,45+/m1/s1. The van der Waals surface area contributed by atoms with Crippen molar-refractivity contribution >= 4 is 0 Å². The maximum atomic E-state index is 12.5. The molecule has 15 atom stereocenters. The van der Waals surface area contributed by atoms with Crippen LogP contribution in [0, 0.1) is 0 Å². The highest BCUT2D eigenvalue weighted by molar-refractivity contribution is 5.17. The average molecular weight is 973 g/mol. The summed E-state index contributed by atoms with van der Waals surface area (Å²) in [5.74, 6) is 0. The second kappa shape index (κ2) is 26.6. The number of azide groups is 4. The van der Waals surface area contributed by atoms with Gasteiger partial charge in [-0.05, 0) is 45.2 Å². The molecule has 6 rings (SSSR count). The summed E-state index contributed by atoms with van der Waals surface area (Å²) in [4.78, 5) is 11.2. The van der Waals surface area contributed by atoms with Crippen LogP contribution >= 0.6 is 0 Å². The maximum absolute atomic E-state index is 12.5. The SMILES string of the molecule is CCCCCCOC[C@H]1O[C@H](O[C@@H]2[C@@H](O)[C@H](O[C@H]3O[C@H](CN=[N+]=[N-])[C@@H](O)[C@H](O)[C@H]3N=[N+]=[N-])[C@](N)(N=[N+]=[N-])C[C@]2(N)N=[N+]=[N-])[C@H](OCc2ccccc2)[C@@H](OCc2ccccc2)[C@@H]1OCc1ccccc1. The summed E-state index contributed by atoms with van der Waals surface area (Å²) in [7, 11) is 0. The van der Waals surface area contributed by atoms with Gasteiger partial charge < -0.3 is 64.7 Å². The Labute approximate surface area is 403 Å². The number of benzene rings is 3. The lowest BCUT2D eigenvalue weighted by Gasteiger charge is -2.54. The molecule has 7 N–H and O–H groups in total. The van der Waals surface area contributed by atoms with E-state index in [4.69, 9.17) is 54.9 Å².